The molecule has 0 amide bonds. The summed E-state index contributed by atoms with van der Waals surface area (Å²) in [5, 5.41) is 4.32. The molecule has 1 rings (SSSR count). The van der Waals surface area contributed by atoms with Gasteiger partial charge in [0.15, 0.2) is 5.13 Å². The van der Waals surface area contributed by atoms with Crippen molar-refractivity contribution in [3.8, 4) is 0 Å². The van der Waals surface area contributed by atoms with Crippen molar-refractivity contribution in [3.05, 3.63) is 10.6 Å². The molecule has 0 unspecified atom stereocenters. The van der Waals surface area contributed by atoms with E-state index in [0.29, 0.717) is 6.61 Å². The van der Waals surface area contributed by atoms with Crippen LogP contribution < -0.4 is 10.2 Å². The lowest BCUT2D eigenvalue weighted by atomic mass is 10.3. The van der Waals surface area contributed by atoms with Gasteiger partial charge in [-0.25, -0.2) is 4.98 Å². The van der Waals surface area contributed by atoms with E-state index in [1.165, 1.54) is 4.88 Å². The largest absolute Gasteiger partial charge is 0.378 e. The lowest BCUT2D eigenvalue weighted by Gasteiger charge is -2.23. The van der Waals surface area contributed by atoms with Crippen molar-refractivity contribution in [2.24, 2.45) is 0 Å². The number of thiazole rings is 1. The van der Waals surface area contributed by atoms with Crippen LogP contribution in [0.25, 0.3) is 0 Å². The van der Waals surface area contributed by atoms with Crippen molar-refractivity contribution in [2.75, 3.05) is 52.8 Å². The fourth-order valence-corrected chi connectivity index (χ4v) is 3.07. The van der Waals surface area contributed by atoms with Gasteiger partial charge in [0.2, 0.25) is 0 Å². The first-order chi connectivity index (χ1) is 9.62. The van der Waals surface area contributed by atoms with Crippen molar-refractivity contribution in [2.45, 2.75) is 26.5 Å². The van der Waals surface area contributed by atoms with Gasteiger partial charge in [0.25, 0.3) is 0 Å². The standard InChI is InChI=1S/C14H28N4OS/c1-6-7-18(9-8-17(3)4)14-16-12(11-19-5)13(20-14)10-15-2/h15H,6-11H2,1-5H3. The molecule has 0 saturated carbocycles. The van der Waals surface area contributed by atoms with Gasteiger partial charge in [-0.2, -0.15) is 0 Å². The van der Waals surface area contributed by atoms with E-state index in [0.717, 1.165) is 43.4 Å². The van der Waals surface area contributed by atoms with Crippen molar-refractivity contribution < 1.29 is 4.74 Å². The monoisotopic (exact) mass is 300 g/mol. The lowest BCUT2D eigenvalue weighted by molar-refractivity contribution is 0.181. The van der Waals surface area contributed by atoms with Crippen molar-refractivity contribution in [1.82, 2.24) is 15.2 Å². The highest BCUT2D eigenvalue weighted by Crippen LogP contribution is 2.27. The van der Waals surface area contributed by atoms with Gasteiger partial charge in [0.1, 0.15) is 0 Å². The fraction of sp³-hybridized carbons (Fsp3) is 0.786. The van der Waals surface area contributed by atoms with E-state index in [9.17, 15) is 0 Å². The van der Waals surface area contributed by atoms with Gasteiger partial charge in [0, 0.05) is 38.2 Å². The van der Waals surface area contributed by atoms with Crippen LogP contribution in [0.3, 0.4) is 0 Å². The molecule has 1 aromatic heterocycles. The fourth-order valence-electron chi connectivity index (χ4n) is 1.95. The van der Waals surface area contributed by atoms with Crippen LogP contribution in [0.1, 0.15) is 23.9 Å². The minimum absolute atomic E-state index is 0.584. The Morgan fingerprint density at radius 1 is 1.25 bits per heavy atom. The van der Waals surface area contributed by atoms with Crippen LogP contribution in [-0.4, -0.2) is 57.8 Å². The molecule has 1 N–H and O–H groups in total. The Morgan fingerprint density at radius 2 is 2.00 bits per heavy atom. The van der Waals surface area contributed by atoms with Crippen LogP contribution >= 0.6 is 11.3 Å². The highest BCUT2D eigenvalue weighted by atomic mass is 32.1. The number of rotatable bonds is 10. The third-order valence-electron chi connectivity index (χ3n) is 2.97. The molecular weight excluding hydrogens is 272 g/mol. The molecule has 6 heteroatoms. The molecule has 5 nitrogen and oxygen atoms in total. The predicted molar refractivity (Wildman–Crippen MR) is 86.6 cm³/mol. The van der Waals surface area contributed by atoms with Gasteiger partial charge in [-0.15, -0.1) is 11.3 Å². The quantitative estimate of drug-likeness (QED) is 0.713. The average Bonchev–Trinajstić information content (AvgIpc) is 2.78. The maximum Gasteiger partial charge on any atom is 0.185 e. The molecule has 0 aromatic carbocycles. The molecule has 0 aliphatic carbocycles. The van der Waals surface area contributed by atoms with E-state index < -0.39 is 0 Å². The zero-order valence-corrected chi connectivity index (χ0v) is 14.2. The molecule has 0 aliphatic rings. The second-order valence-electron chi connectivity index (χ2n) is 5.12. The minimum Gasteiger partial charge on any atom is -0.378 e. The number of methoxy groups -OCH3 is 1. The van der Waals surface area contributed by atoms with Gasteiger partial charge >= 0.3 is 0 Å². The molecule has 0 fully saturated rings. The van der Waals surface area contributed by atoms with Crippen LogP contribution in [-0.2, 0) is 17.9 Å². The van der Waals surface area contributed by atoms with E-state index in [2.05, 4.69) is 36.1 Å². The second-order valence-corrected chi connectivity index (χ2v) is 6.18. The number of aromatic nitrogens is 1. The van der Waals surface area contributed by atoms with E-state index in [1.807, 2.05) is 7.05 Å². The summed E-state index contributed by atoms with van der Waals surface area (Å²) < 4.78 is 5.26. The van der Waals surface area contributed by atoms with Crippen LogP contribution in [0.5, 0.6) is 0 Å². The maximum absolute atomic E-state index is 5.26. The number of anilines is 1. The highest BCUT2D eigenvalue weighted by Gasteiger charge is 2.15. The summed E-state index contributed by atoms with van der Waals surface area (Å²) in [6.07, 6.45) is 1.13. The summed E-state index contributed by atoms with van der Waals surface area (Å²) in [4.78, 5) is 10.6. The molecule has 20 heavy (non-hydrogen) atoms. The molecule has 0 spiro atoms. The summed E-state index contributed by atoms with van der Waals surface area (Å²) in [6, 6.07) is 0. The van der Waals surface area contributed by atoms with E-state index in [1.54, 1.807) is 18.4 Å². The zero-order chi connectivity index (χ0) is 15.0. The zero-order valence-electron chi connectivity index (χ0n) is 13.4. The summed E-state index contributed by atoms with van der Waals surface area (Å²) in [7, 11) is 7.90. The van der Waals surface area contributed by atoms with Crippen molar-refractivity contribution in [3.63, 3.8) is 0 Å². The Labute approximate surface area is 126 Å². The van der Waals surface area contributed by atoms with Crippen molar-refractivity contribution in [1.29, 1.82) is 0 Å². The number of hydrogen-bond donors (Lipinski definition) is 1. The van der Waals surface area contributed by atoms with Crippen LogP contribution in [0.2, 0.25) is 0 Å². The van der Waals surface area contributed by atoms with Gasteiger partial charge in [-0.1, -0.05) is 6.92 Å². The molecule has 0 bridgehead atoms. The average molecular weight is 300 g/mol. The number of hydrogen-bond acceptors (Lipinski definition) is 6. The number of likely N-dealkylation sites (N-methyl/N-ethyl adjacent to an activating group) is 1. The Morgan fingerprint density at radius 3 is 2.55 bits per heavy atom. The normalized spacial score (nSPS) is 11.3. The molecule has 0 aliphatic heterocycles. The van der Waals surface area contributed by atoms with E-state index in [4.69, 9.17) is 9.72 Å². The lowest BCUT2D eigenvalue weighted by Crippen LogP contribution is -2.32. The molecular formula is C14H28N4OS. The van der Waals surface area contributed by atoms with Crippen LogP contribution in [0.4, 0.5) is 5.13 Å². The molecule has 1 heterocycles. The van der Waals surface area contributed by atoms with E-state index in [-0.39, 0.29) is 0 Å². The maximum atomic E-state index is 5.26. The van der Waals surface area contributed by atoms with Crippen LogP contribution in [0, 0.1) is 0 Å². The summed E-state index contributed by atoms with van der Waals surface area (Å²) in [6.45, 7) is 6.75. The topological polar surface area (TPSA) is 40.6 Å². The Bertz CT molecular complexity index is 358. The Hall–Kier alpha value is -0.690. The SMILES string of the molecule is CCCN(CCN(C)C)c1nc(COC)c(CNC)s1. The summed E-state index contributed by atoms with van der Waals surface area (Å²) in [5.74, 6) is 0. The second kappa shape index (κ2) is 9.28. The minimum atomic E-state index is 0.584. The first-order valence-corrected chi connectivity index (χ1v) is 7.95. The first-order valence-electron chi connectivity index (χ1n) is 7.14. The predicted octanol–water partition coefficient (Wildman–Crippen LogP) is 1.79. The molecule has 0 radical (unpaired) electrons. The molecule has 0 atom stereocenters. The summed E-state index contributed by atoms with van der Waals surface area (Å²) >= 11 is 1.78. The van der Waals surface area contributed by atoms with E-state index >= 15 is 0 Å². The smallest absolute Gasteiger partial charge is 0.185 e. The molecule has 116 valence electrons. The summed E-state index contributed by atoms with van der Waals surface area (Å²) in [5.41, 5.74) is 1.06. The Kier molecular flexibility index (Phi) is 8.06. The number of nitrogens with one attached hydrogen (secondary N) is 1. The number of ether oxygens (including phenoxy) is 1. The first kappa shape index (κ1) is 17.4. The van der Waals surface area contributed by atoms with Crippen LogP contribution in [0.15, 0.2) is 0 Å². The van der Waals surface area contributed by atoms with Gasteiger partial charge in [-0.05, 0) is 27.6 Å². The third kappa shape index (κ3) is 5.36. The van der Waals surface area contributed by atoms with Gasteiger partial charge in [-0.3, -0.25) is 0 Å². The number of nitrogens with zero attached hydrogens (tertiary/aromatic N) is 3. The highest BCUT2D eigenvalue weighted by molar-refractivity contribution is 7.15. The van der Waals surface area contributed by atoms with Gasteiger partial charge < -0.3 is 19.9 Å². The van der Waals surface area contributed by atoms with Crippen molar-refractivity contribution >= 4 is 16.5 Å². The molecule has 0 saturated heterocycles. The van der Waals surface area contributed by atoms with Gasteiger partial charge in [0.05, 0.1) is 12.3 Å². The third-order valence-corrected chi connectivity index (χ3v) is 4.12. The molecule has 1 aromatic rings. The Balaban J connectivity index is 2.85.